The van der Waals surface area contributed by atoms with Gasteiger partial charge in [0.1, 0.15) is 18.9 Å². The van der Waals surface area contributed by atoms with Gasteiger partial charge in [-0.2, -0.15) is 0 Å². The zero-order valence-corrected chi connectivity index (χ0v) is 22.2. The van der Waals surface area contributed by atoms with Gasteiger partial charge in [0.2, 0.25) is 0 Å². The zero-order valence-electron chi connectivity index (χ0n) is 22.2. The molecule has 0 unspecified atom stereocenters. The summed E-state index contributed by atoms with van der Waals surface area (Å²) in [5.41, 5.74) is 3.17. The zero-order chi connectivity index (χ0) is 27.9. The van der Waals surface area contributed by atoms with Crippen LogP contribution >= 0.6 is 0 Å². The Kier molecular flexibility index (Phi) is 8.10. The van der Waals surface area contributed by atoms with Crippen molar-refractivity contribution in [2.24, 2.45) is 0 Å². The molecule has 2 aliphatic rings. The minimum atomic E-state index is -0.304. The number of ether oxygens (including phenoxy) is 4. The number of methoxy groups -OCH3 is 2. The van der Waals surface area contributed by atoms with E-state index in [2.05, 4.69) is 20.9 Å². The number of nitrogens with zero attached hydrogens (tertiary/aromatic N) is 3. The molecule has 11 heteroatoms. The van der Waals surface area contributed by atoms with Gasteiger partial charge in [0.25, 0.3) is 11.8 Å². The van der Waals surface area contributed by atoms with Gasteiger partial charge in [-0.25, -0.2) is 4.68 Å². The van der Waals surface area contributed by atoms with Crippen LogP contribution in [0.15, 0.2) is 66.9 Å². The molecule has 206 valence electrons. The molecule has 0 atom stereocenters. The maximum atomic E-state index is 13.1. The van der Waals surface area contributed by atoms with Gasteiger partial charge in [-0.1, -0.05) is 35.5 Å². The summed E-state index contributed by atoms with van der Waals surface area (Å²) in [5, 5.41) is 14.2. The van der Waals surface area contributed by atoms with Crippen molar-refractivity contribution in [1.29, 1.82) is 0 Å². The summed E-state index contributed by atoms with van der Waals surface area (Å²) in [6.45, 7) is 1.38. The maximum Gasteiger partial charge on any atom is 0.255 e. The fraction of sp³-hybridized carbons (Fsp3) is 0.241. The molecule has 0 aliphatic carbocycles. The second-order valence-electron chi connectivity index (χ2n) is 8.99. The summed E-state index contributed by atoms with van der Waals surface area (Å²) >= 11 is 0. The van der Waals surface area contributed by atoms with Crippen molar-refractivity contribution in [2.75, 3.05) is 20.8 Å². The molecule has 2 aliphatic heterocycles. The molecular formula is C29H29N5O6. The summed E-state index contributed by atoms with van der Waals surface area (Å²) in [6, 6.07) is 17.8. The first-order valence-corrected chi connectivity index (χ1v) is 12.7. The van der Waals surface area contributed by atoms with Gasteiger partial charge in [-0.15, -0.1) is 5.10 Å². The van der Waals surface area contributed by atoms with E-state index in [9.17, 15) is 9.59 Å². The van der Waals surface area contributed by atoms with E-state index in [1.54, 1.807) is 54.4 Å². The standard InChI is InChI=1S/C29H29N5O6/c1-37-24-11-10-21-14-26(24)39-13-12-34-17-22(32-33-34)18-40-27-23(4-3-5-25(27)38-2)29(36)31-16-20-8-6-19(7-9-20)15-30-28(21)35/h3-11,14,17H,12-13,15-16,18H2,1-2H3,(H,30,35)(H,31,36). The second kappa shape index (κ2) is 12.2. The number of para-hydroxylation sites is 1. The first-order valence-electron chi connectivity index (χ1n) is 12.7. The van der Waals surface area contributed by atoms with E-state index in [1.165, 1.54) is 7.11 Å². The van der Waals surface area contributed by atoms with Crippen molar-refractivity contribution >= 4 is 11.8 Å². The predicted molar refractivity (Wildman–Crippen MR) is 145 cm³/mol. The van der Waals surface area contributed by atoms with Crippen LogP contribution in [0.1, 0.15) is 37.5 Å². The highest BCUT2D eigenvalue weighted by Gasteiger charge is 2.18. The number of rotatable bonds is 2. The van der Waals surface area contributed by atoms with Crippen LogP contribution in [0.25, 0.3) is 0 Å². The summed E-state index contributed by atoms with van der Waals surface area (Å²) < 4.78 is 24.4. The summed E-state index contributed by atoms with van der Waals surface area (Å²) in [6.07, 6.45) is 1.73. The van der Waals surface area contributed by atoms with Crippen molar-refractivity contribution < 1.29 is 28.5 Å². The number of amides is 2. The van der Waals surface area contributed by atoms with Crippen LogP contribution in [-0.2, 0) is 26.2 Å². The Morgan fingerprint density at radius 1 is 0.850 bits per heavy atom. The van der Waals surface area contributed by atoms with Crippen molar-refractivity contribution in [2.45, 2.75) is 26.2 Å². The lowest BCUT2D eigenvalue weighted by atomic mass is 10.1. The van der Waals surface area contributed by atoms with Crippen LogP contribution in [0.4, 0.5) is 0 Å². The topological polar surface area (TPSA) is 126 Å². The van der Waals surface area contributed by atoms with Gasteiger partial charge in [-0.05, 0) is 41.5 Å². The van der Waals surface area contributed by atoms with Crippen molar-refractivity contribution in [3.63, 3.8) is 0 Å². The van der Waals surface area contributed by atoms with E-state index in [-0.39, 0.29) is 25.0 Å². The van der Waals surface area contributed by atoms with Gasteiger partial charge in [-0.3, -0.25) is 9.59 Å². The van der Waals surface area contributed by atoms with E-state index < -0.39 is 0 Å². The lowest BCUT2D eigenvalue weighted by molar-refractivity contribution is 0.0939. The molecular weight excluding hydrogens is 514 g/mol. The van der Waals surface area contributed by atoms with E-state index in [4.69, 9.17) is 18.9 Å². The summed E-state index contributed by atoms with van der Waals surface area (Å²) in [4.78, 5) is 25.9. The number of fused-ring (bicyclic) bond motifs is 9. The normalized spacial score (nSPS) is 14.2. The van der Waals surface area contributed by atoms with Gasteiger partial charge in [0.05, 0.1) is 32.5 Å². The minimum absolute atomic E-state index is 0.0773. The molecule has 2 N–H and O–H groups in total. The Morgan fingerprint density at radius 3 is 2.30 bits per heavy atom. The molecule has 3 aromatic carbocycles. The third kappa shape index (κ3) is 6.15. The molecule has 40 heavy (non-hydrogen) atoms. The van der Waals surface area contributed by atoms with Crippen LogP contribution in [0.2, 0.25) is 0 Å². The van der Waals surface area contributed by atoms with Gasteiger partial charge < -0.3 is 29.6 Å². The number of nitrogens with one attached hydrogen (secondary N) is 2. The second-order valence-corrected chi connectivity index (χ2v) is 8.99. The summed E-state index contributed by atoms with van der Waals surface area (Å²) in [5.74, 6) is 1.17. The molecule has 0 fully saturated rings. The Hall–Kier alpha value is -5.06. The highest BCUT2D eigenvalue weighted by atomic mass is 16.5. The van der Waals surface area contributed by atoms with Gasteiger partial charge in [0.15, 0.2) is 23.0 Å². The van der Waals surface area contributed by atoms with Crippen molar-refractivity contribution in [3.05, 3.63) is 94.8 Å². The third-order valence-electron chi connectivity index (χ3n) is 6.33. The van der Waals surface area contributed by atoms with E-state index in [1.807, 2.05) is 24.3 Å². The number of carbonyl (C=O) groups excluding carboxylic acids is 2. The summed E-state index contributed by atoms with van der Waals surface area (Å²) in [7, 11) is 3.06. The Balaban J connectivity index is 1.42. The lowest BCUT2D eigenvalue weighted by Crippen LogP contribution is -2.24. The molecule has 1 aromatic heterocycles. The van der Waals surface area contributed by atoms with Crippen molar-refractivity contribution in [3.8, 4) is 23.0 Å². The average Bonchev–Trinajstić information content (AvgIpc) is 3.45. The quantitative estimate of drug-likeness (QED) is 0.395. The molecule has 4 aromatic rings. The number of hydrogen-bond donors (Lipinski definition) is 2. The fourth-order valence-corrected chi connectivity index (χ4v) is 4.18. The smallest absolute Gasteiger partial charge is 0.255 e. The van der Waals surface area contributed by atoms with E-state index >= 15 is 0 Å². The Bertz CT molecular complexity index is 1500. The Morgan fingerprint density at radius 2 is 1.57 bits per heavy atom. The van der Waals surface area contributed by atoms with Gasteiger partial charge in [0, 0.05) is 18.7 Å². The molecule has 6 rings (SSSR count). The molecule has 2 amide bonds. The third-order valence-corrected chi connectivity index (χ3v) is 6.33. The minimum Gasteiger partial charge on any atom is -0.493 e. The molecule has 11 nitrogen and oxygen atoms in total. The molecule has 3 heterocycles. The number of benzene rings is 3. The number of carbonyl (C=O) groups is 2. The molecule has 0 radical (unpaired) electrons. The lowest BCUT2D eigenvalue weighted by Gasteiger charge is -2.14. The fourth-order valence-electron chi connectivity index (χ4n) is 4.18. The highest BCUT2D eigenvalue weighted by molar-refractivity contribution is 5.97. The Labute approximate surface area is 231 Å². The van der Waals surface area contributed by atoms with Crippen LogP contribution in [-0.4, -0.2) is 47.6 Å². The van der Waals surface area contributed by atoms with Gasteiger partial charge >= 0.3 is 0 Å². The van der Waals surface area contributed by atoms with Crippen LogP contribution in [0, 0.1) is 0 Å². The largest absolute Gasteiger partial charge is 0.493 e. The molecule has 0 spiro atoms. The monoisotopic (exact) mass is 543 g/mol. The van der Waals surface area contributed by atoms with Crippen LogP contribution in [0.5, 0.6) is 23.0 Å². The number of hydrogen-bond acceptors (Lipinski definition) is 8. The highest BCUT2D eigenvalue weighted by Crippen LogP contribution is 2.32. The predicted octanol–water partition coefficient (Wildman–Crippen LogP) is 3.13. The first kappa shape index (κ1) is 26.5. The van der Waals surface area contributed by atoms with Crippen LogP contribution in [0.3, 0.4) is 0 Å². The average molecular weight is 544 g/mol. The molecule has 0 saturated heterocycles. The maximum absolute atomic E-state index is 13.1. The molecule has 0 saturated carbocycles. The van der Waals surface area contributed by atoms with E-state index in [0.717, 1.165) is 11.1 Å². The first-order chi connectivity index (χ1) is 19.5. The SMILES string of the molecule is COc1ccc2cc1OCCn1cc(nn1)COc1c(OC)cccc1C(=O)NCc1ccc(cc1)CNC2=O. The number of aromatic nitrogens is 3. The van der Waals surface area contributed by atoms with Crippen molar-refractivity contribution in [1.82, 2.24) is 25.6 Å². The molecule has 6 bridgehead atoms. The van der Waals surface area contributed by atoms with Crippen LogP contribution < -0.4 is 29.6 Å². The van der Waals surface area contributed by atoms with E-state index in [0.29, 0.717) is 59.5 Å².